The highest BCUT2D eigenvalue weighted by Gasteiger charge is 2.42. The van der Waals surface area contributed by atoms with Crippen molar-refractivity contribution in [3.8, 4) is 0 Å². The summed E-state index contributed by atoms with van der Waals surface area (Å²) in [6.45, 7) is 0.599. The second kappa shape index (κ2) is 8.80. The van der Waals surface area contributed by atoms with E-state index in [0.717, 1.165) is 18.4 Å². The van der Waals surface area contributed by atoms with Crippen molar-refractivity contribution in [3.63, 3.8) is 0 Å². The number of benzene rings is 1. The molecule has 138 valence electrons. The number of carbonyl (C=O) groups excluding carboxylic acids is 1. The maximum Gasteiger partial charge on any atom is 0.314 e. The number of carboxylic acids is 1. The molecule has 1 aromatic carbocycles. The maximum absolute atomic E-state index is 13.1. The molecular formula is C18H25FN2O4. The Labute approximate surface area is 146 Å². The molecule has 1 aliphatic carbocycles. The number of halogens is 1. The average molecular weight is 352 g/mol. The van der Waals surface area contributed by atoms with Crippen molar-refractivity contribution in [3.05, 3.63) is 35.6 Å². The fourth-order valence-corrected chi connectivity index (χ4v) is 3.36. The van der Waals surface area contributed by atoms with Gasteiger partial charge in [0, 0.05) is 24.9 Å². The molecule has 0 aliphatic heterocycles. The molecule has 2 unspecified atom stereocenters. The van der Waals surface area contributed by atoms with Crippen LogP contribution in [-0.4, -0.2) is 41.4 Å². The Balaban J connectivity index is 1.88. The van der Waals surface area contributed by atoms with Gasteiger partial charge in [-0.1, -0.05) is 18.6 Å². The molecule has 7 heteroatoms. The number of hydrogen-bond donors (Lipinski definition) is 4. The minimum Gasteiger partial charge on any atom is -0.481 e. The normalized spacial score (nSPS) is 22.6. The molecule has 1 fully saturated rings. The van der Waals surface area contributed by atoms with Gasteiger partial charge in [0.05, 0.1) is 6.10 Å². The van der Waals surface area contributed by atoms with Crippen LogP contribution < -0.4 is 10.6 Å². The topological polar surface area (TPSA) is 98.7 Å². The van der Waals surface area contributed by atoms with E-state index in [9.17, 15) is 19.1 Å². The first-order valence-electron chi connectivity index (χ1n) is 8.57. The lowest BCUT2D eigenvalue weighted by molar-refractivity contribution is -0.137. The number of rotatable bonds is 8. The summed E-state index contributed by atoms with van der Waals surface area (Å²) in [5, 5.41) is 24.4. The number of aliphatic carboxylic acids is 1. The van der Waals surface area contributed by atoms with Gasteiger partial charge < -0.3 is 20.8 Å². The van der Waals surface area contributed by atoms with E-state index in [1.807, 2.05) is 0 Å². The predicted molar refractivity (Wildman–Crippen MR) is 90.7 cm³/mol. The van der Waals surface area contributed by atoms with Gasteiger partial charge in [0.1, 0.15) is 5.82 Å². The van der Waals surface area contributed by atoms with Crippen molar-refractivity contribution in [2.24, 2.45) is 5.41 Å². The second-order valence-electron chi connectivity index (χ2n) is 6.68. The average Bonchev–Trinajstić information content (AvgIpc) is 2.93. The molecule has 2 atom stereocenters. The minimum absolute atomic E-state index is 0.00744. The quantitative estimate of drug-likeness (QED) is 0.538. The molecule has 1 saturated carbocycles. The third-order valence-electron chi connectivity index (χ3n) is 4.78. The molecular weight excluding hydrogens is 327 g/mol. The van der Waals surface area contributed by atoms with Gasteiger partial charge in [0.15, 0.2) is 0 Å². The van der Waals surface area contributed by atoms with Crippen LogP contribution in [0.1, 0.15) is 37.7 Å². The van der Waals surface area contributed by atoms with Crippen molar-refractivity contribution < 1.29 is 24.2 Å². The van der Waals surface area contributed by atoms with E-state index < -0.39 is 17.5 Å². The van der Waals surface area contributed by atoms with Crippen LogP contribution >= 0.6 is 0 Å². The van der Waals surface area contributed by atoms with E-state index in [2.05, 4.69) is 10.6 Å². The van der Waals surface area contributed by atoms with E-state index in [1.54, 1.807) is 12.1 Å². The van der Waals surface area contributed by atoms with E-state index in [-0.39, 0.29) is 24.8 Å². The first-order valence-corrected chi connectivity index (χ1v) is 8.57. The molecule has 4 N–H and O–H groups in total. The SMILES string of the molecule is O=C(O)CCCNC(=O)NCC1(Cc2ccc(F)cc2)CCCC1O. The van der Waals surface area contributed by atoms with Crippen molar-refractivity contribution in [1.82, 2.24) is 10.6 Å². The number of hydrogen-bond acceptors (Lipinski definition) is 3. The Bertz CT molecular complexity index is 593. The summed E-state index contributed by atoms with van der Waals surface area (Å²) in [6, 6.07) is 5.82. The fourth-order valence-electron chi connectivity index (χ4n) is 3.36. The maximum atomic E-state index is 13.1. The van der Waals surface area contributed by atoms with Gasteiger partial charge in [-0.3, -0.25) is 4.79 Å². The highest BCUT2D eigenvalue weighted by Crippen LogP contribution is 2.40. The van der Waals surface area contributed by atoms with Gasteiger partial charge in [-0.05, 0) is 43.4 Å². The highest BCUT2D eigenvalue weighted by atomic mass is 19.1. The lowest BCUT2D eigenvalue weighted by Gasteiger charge is -2.33. The Morgan fingerprint density at radius 3 is 2.56 bits per heavy atom. The van der Waals surface area contributed by atoms with Crippen LogP contribution in [0.3, 0.4) is 0 Å². The van der Waals surface area contributed by atoms with Crippen LogP contribution in [0.25, 0.3) is 0 Å². The van der Waals surface area contributed by atoms with Crippen LogP contribution in [-0.2, 0) is 11.2 Å². The number of carboxylic acid groups (broad SMARTS) is 1. The zero-order chi connectivity index (χ0) is 18.3. The number of aliphatic hydroxyl groups is 1. The Hall–Kier alpha value is -2.15. The minimum atomic E-state index is -0.894. The van der Waals surface area contributed by atoms with E-state index in [0.29, 0.717) is 25.8 Å². The van der Waals surface area contributed by atoms with Crippen molar-refractivity contribution >= 4 is 12.0 Å². The van der Waals surface area contributed by atoms with Crippen molar-refractivity contribution in [2.45, 2.75) is 44.6 Å². The first kappa shape index (κ1) is 19.2. The number of amides is 2. The lowest BCUT2D eigenvalue weighted by atomic mass is 9.78. The number of carbonyl (C=O) groups is 2. The van der Waals surface area contributed by atoms with Gasteiger partial charge in [0.25, 0.3) is 0 Å². The summed E-state index contributed by atoms with van der Waals surface area (Å²) >= 11 is 0. The molecule has 1 aliphatic rings. The van der Waals surface area contributed by atoms with Gasteiger partial charge in [0.2, 0.25) is 0 Å². The molecule has 0 heterocycles. The van der Waals surface area contributed by atoms with Crippen molar-refractivity contribution in [2.75, 3.05) is 13.1 Å². The van der Waals surface area contributed by atoms with E-state index in [1.165, 1.54) is 12.1 Å². The summed E-state index contributed by atoms with van der Waals surface area (Å²) in [6.07, 6.45) is 2.76. The zero-order valence-electron chi connectivity index (χ0n) is 14.1. The molecule has 2 amide bonds. The summed E-state index contributed by atoms with van der Waals surface area (Å²) in [7, 11) is 0. The number of nitrogens with one attached hydrogen (secondary N) is 2. The van der Waals surface area contributed by atoms with E-state index in [4.69, 9.17) is 5.11 Å². The molecule has 0 saturated heterocycles. The Kier molecular flexibility index (Phi) is 6.75. The molecule has 25 heavy (non-hydrogen) atoms. The molecule has 0 radical (unpaired) electrons. The highest BCUT2D eigenvalue weighted by molar-refractivity contribution is 5.74. The number of urea groups is 1. The molecule has 0 bridgehead atoms. The first-order chi connectivity index (χ1) is 11.9. The van der Waals surface area contributed by atoms with Crippen LogP contribution in [0.2, 0.25) is 0 Å². The van der Waals surface area contributed by atoms with Crippen molar-refractivity contribution in [1.29, 1.82) is 0 Å². The lowest BCUT2D eigenvalue weighted by Crippen LogP contribution is -2.47. The summed E-state index contributed by atoms with van der Waals surface area (Å²) < 4.78 is 13.1. The Morgan fingerprint density at radius 1 is 1.24 bits per heavy atom. The van der Waals surface area contributed by atoms with Crippen LogP contribution in [0.15, 0.2) is 24.3 Å². The largest absolute Gasteiger partial charge is 0.481 e. The van der Waals surface area contributed by atoms with E-state index >= 15 is 0 Å². The molecule has 2 rings (SSSR count). The predicted octanol–water partition coefficient (Wildman–Crippen LogP) is 2.06. The molecule has 6 nitrogen and oxygen atoms in total. The summed E-state index contributed by atoms with van der Waals surface area (Å²) in [5.41, 5.74) is 0.460. The number of aliphatic hydroxyl groups excluding tert-OH is 1. The van der Waals surface area contributed by atoms with Gasteiger partial charge in [-0.2, -0.15) is 0 Å². The van der Waals surface area contributed by atoms with Gasteiger partial charge in [-0.15, -0.1) is 0 Å². The summed E-state index contributed by atoms with van der Waals surface area (Å²) in [4.78, 5) is 22.3. The third-order valence-corrected chi connectivity index (χ3v) is 4.78. The zero-order valence-corrected chi connectivity index (χ0v) is 14.1. The Morgan fingerprint density at radius 2 is 1.96 bits per heavy atom. The van der Waals surface area contributed by atoms with Gasteiger partial charge in [-0.25, -0.2) is 9.18 Å². The fraction of sp³-hybridized carbons (Fsp3) is 0.556. The van der Waals surface area contributed by atoms with Crippen LogP contribution in [0.4, 0.5) is 9.18 Å². The smallest absolute Gasteiger partial charge is 0.314 e. The molecule has 0 aromatic heterocycles. The summed E-state index contributed by atoms with van der Waals surface area (Å²) in [5.74, 6) is -1.20. The van der Waals surface area contributed by atoms with Crippen LogP contribution in [0.5, 0.6) is 0 Å². The third kappa shape index (κ3) is 5.70. The molecule has 0 spiro atoms. The van der Waals surface area contributed by atoms with Crippen LogP contribution in [0, 0.1) is 11.2 Å². The van der Waals surface area contributed by atoms with Gasteiger partial charge >= 0.3 is 12.0 Å². The monoisotopic (exact) mass is 352 g/mol. The molecule has 1 aromatic rings. The standard InChI is InChI=1S/C18H25FN2O4/c19-14-7-5-13(6-8-14)11-18(9-1-3-15(18)22)12-21-17(25)20-10-2-4-16(23)24/h5-8,15,22H,1-4,9-12H2,(H,23,24)(H2,20,21,25). The second-order valence-corrected chi connectivity index (χ2v) is 6.68.